The number of carbonyl (C=O) groups is 3. The molecule has 2 saturated heterocycles. The number of carboxylic acids is 1. The first-order valence-electron chi connectivity index (χ1n) is 15.2. The maximum Gasteiger partial charge on any atom is 0.416 e. The molecule has 5 rings (SSSR count). The van der Waals surface area contributed by atoms with Gasteiger partial charge in [0.25, 0.3) is 5.91 Å². The maximum atomic E-state index is 13.6. The van der Waals surface area contributed by atoms with E-state index in [1.165, 1.54) is 30.3 Å². The van der Waals surface area contributed by atoms with Gasteiger partial charge in [-0.05, 0) is 59.7 Å². The van der Waals surface area contributed by atoms with Crippen LogP contribution in [0.25, 0.3) is 17.2 Å². The lowest BCUT2D eigenvalue weighted by Gasteiger charge is -2.26. The molecule has 276 valence electrons. The lowest BCUT2D eigenvalue weighted by Crippen LogP contribution is -2.44. The monoisotopic (exact) mass is 770 g/mol. The van der Waals surface area contributed by atoms with Crippen molar-refractivity contribution in [2.75, 3.05) is 51.3 Å². The number of phenols is 1. The summed E-state index contributed by atoms with van der Waals surface area (Å²) in [7, 11) is 0. The third-order valence-electron chi connectivity index (χ3n) is 7.69. The van der Waals surface area contributed by atoms with Crippen molar-refractivity contribution in [3.05, 3.63) is 81.8 Å². The molecule has 0 atom stereocenters. The zero-order chi connectivity index (χ0) is 37.8. The van der Waals surface area contributed by atoms with Gasteiger partial charge < -0.3 is 25.0 Å². The first kappa shape index (κ1) is 38.5. The largest absolute Gasteiger partial charge is 0.507 e. The molecule has 2 heterocycles. The number of thiocarbonyl (C=S) groups is 1. The summed E-state index contributed by atoms with van der Waals surface area (Å²) in [6.45, 7) is 2.57. The maximum absolute atomic E-state index is 13.6. The molecule has 0 radical (unpaired) electrons. The average Bonchev–Trinajstić information content (AvgIpc) is 3.34. The van der Waals surface area contributed by atoms with E-state index in [0.29, 0.717) is 45.0 Å². The second-order valence-corrected chi connectivity index (χ2v) is 13.0. The predicted molar refractivity (Wildman–Crippen MR) is 181 cm³/mol. The van der Waals surface area contributed by atoms with E-state index >= 15 is 0 Å². The number of alkyl halides is 6. The van der Waals surface area contributed by atoms with Gasteiger partial charge in [-0.2, -0.15) is 26.3 Å². The number of hydrazine groups is 1. The zero-order valence-corrected chi connectivity index (χ0v) is 28.3. The molecule has 2 amide bonds. The van der Waals surface area contributed by atoms with Crippen molar-refractivity contribution in [2.24, 2.45) is 0 Å². The lowest BCUT2D eigenvalue weighted by molar-refractivity contribution is -0.143. The van der Waals surface area contributed by atoms with E-state index in [4.69, 9.17) is 26.8 Å². The minimum absolute atomic E-state index is 0.00212. The van der Waals surface area contributed by atoms with Gasteiger partial charge in [0.1, 0.15) is 23.7 Å². The number of aromatic carboxylic acids is 1. The summed E-state index contributed by atoms with van der Waals surface area (Å²) >= 11 is 6.13. The summed E-state index contributed by atoms with van der Waals surface area (Å²) in [4.78, 5) is 39.1. The Labute approximate surface area is 301 Å². The van der Waals surface area contributed by atoms with Crippen LogP contribution < -0.4 is 15.5 Å². The van der Waals surface area contributed by atoms with E-state index in [9.17, 15) is 45.8 Å². The number of morpholine rings is 1. The Hall–Kier alpha value is -4.69. The van der Waals surface area contributed by atoms with Crippen molar-refractivity contribution in [2.45, 2.75) is 12.4 Å². The van der Waals surface area contributed by atoms with Gasteiger partial charge in [0, 0.05) is 37.0 Å². The summed E-state index contributed by atoms with van der Waals surface area (Å²) in [5.41, 5.74) is -0.939. The van der Waals surface area contributed by atoms with Crippen molar-refractivity contribution in [1.82, 2.24) is 15.3 Å². The van der Waals surface area contributed by atoms with Crippen LogP contribution in [0.4, 0.5) is 32.0 Å². The van der Waals surface area contributed by atoms with Crippen LogP contribution in [0, 0.1) is 0 Å². The summed E-state index contributed by atoms with van der Waals surface area (Å²) in [5, 5.41) is 22.2. The molecule has 0 bridgehead atoms. The number of halogens is 6. The van der Waals surface area contributed by atoms with Gasteiger partial charge in [0.15, 0.2) is 4.32 Å². The Bertz CT molecular complexity index is 1880. The van der Waals surface area contributed by atoms with E-state index in [2.05, 4.69) is 15.6 Å². The Kier molecular flexibility index (Phi) is 11.8. The van der Waals surface area contributed by atoms with Crippen LogP contribution in [0.2, 0.25) is 0 Å². The normalized spacial score (nSPS) is 16.4. The smallest absolute Gasteiger partial charge is 0.416 e. The summed E-state index contributed by atoms with van der Waals surface area (Å²) in [5.74, 6) is -3.17. The number of carboxylic acid groups (broad SMARTS) is 1. The molecule has 52 heavy (non-hydrogen) atoms. The van der Waals surface area contributed by atoms with Crippen LogP contribution in [0.5, 0.6) is 11.5 Å². The molecule has 2 aliphatic heterocycles. The average molecular weight is 771 g/mol. The van der Waals surface area contributed by atoms with E-state index in [0.717, 1.165) is 28.9 Å². The Balaban J connectivity index is 1.39. The molecular weight excluding hydrogens is 743 g/mol. The van der Waals surface area contributed by atoms with Gasteiger partial charge in [0.2, 0.25) is 5.91 Å². The van der Waals surface area contributed by atoms with Gasteiger partial charge in [-0.25, -0.2) is 15.2 Å². The highest BCUT2D eigenvalue weighted by Gasteiger charge is 2.37. The molecule has 4 N–H and O–H groups in total. The van der Waals surface area contributed by atoms with Gasteiger partial charge in [-0.15, -0.1) is 0 Å². The van der Waals surface area contributed by atoms with E-state index in [1.807, 2.05) is 0 Å². The fourth-order valence-corrected chi connectivity index (χ4v) is 6.30. The fourth-order valence-electron chi connectivity index (χ4n) is 5.09. The molecule has 19 heteroatoms. The predicted octanol–water partition coefficient (Wildman–Crippen LogP) is 5.85. The van der Waals surface area contributed by atoms with Crippen molar-refractivity contribution in [1.29, 1.82) is 0 Å². The number of anilines is 1. The minimum atomic E-state index is -5.06. The summed E-state index contributed by atoms with van der Waals surface area (Å²) in [6, 6.07) is 8.61. The molecule has 2 fully saturated rings. The minimum Gasteiger partial charge on any atom is -0.507 e. The molecule has 0 saturated carbocycles. The topological polar surface area (TPSA) is 141 Å². The Morgan fingerprint density at radius 2 is 1.63 bits per heavy atom. The molecule has 11 nitrogen and oxygen atoms in total. The van der Waals surface area contributed by atoms with Crippen LogP contribution in [0.3, 0.4) is 0 Å². The van der Waals surface area contributed by atoms with Crippen molar-refractivity contribution in [3.63, 3.8) is 0 Å². The first-order valence-corrected chi connectivity index (χ1v) is 16.5. The highest BCUT2D eigenvalue weighted by molar-refractivity contribution is 8.26. The third kappa shape index (κ3) is 9.59. The number of nitrogens with one attached hydrogen (secondary N) is 2. The second-order valence-electron chi connectivity index (χ2n) is 11.3. The number of ether oxygens (including phenoxy) is 2. The fraction of sp³-hybridized carbons (Fsp3) is 0.273. The van der Waals surface area contributed by atoms with Crippen LogP contribution in [-0.2, 0) is 26.7 Å². The zero-order valence-electron chi connectivity index (χ0n) is 26.6. The number of hydrogen-bond donors (Lipinski definition) is 4. The van der Waals surface area contributed by atoms with Crippen LogP contribution in [0.15, 0.2) is 59.5 Å². The number of aromatic hydroxyl groups is 1. The SMILES string of the molecule is O=C(CNN1C(=O)C(=Cc2cc(-c3cc(C(F)(F)F)cc(C(F)(F)F)c3)ccc2OCCN2CCOCC2)SC1=S)Nc1ccc(C(=O)O)c(O)c1. The summed E-state index contributed by atoms with van der Waals surface area (Å²) in [6.07, 6.45) is -8.79. The molecule has 0 aliphatic carbocycles. The van der Waals surface area contributed by atoms with Gasteiger partial charge in [-0.1, -0.05) is 30.0 Å². The highest BCUT2D eigenvalue weighted by Crippen LogP contribution is 2.40. The number of nitrogens with zero attached hydrogens (tertiary/aromatic N) is 2. The standard InChI is InChI=1S/C33H28F6N4O7S2/c34-32(35,36)21-12-19(13-22(15-21)33(37,38)39)18-1-4-26(50-10-7-42-5-8-49-9-6-42)20(11-18)14-27-29(46)43(31(51)52-27)40-17-28(45)41-23-2-3-24(30(47)48)25(44)16-23/h1-4,11-16,40,44H,5-10,17H2,(H,41,45)(H,47,48). The van der Waals surface area contributed by atoms with Crippen molar-refractivity contribution < 1.29 is 60.4 Å². The quantitative estimate of drug-likeness (QED) is 0.106. The summed E-state index contributed by atoms with van der Waals surface area (Å²) < 4.78 is 93.1. The number of hydrogen-bond acceptors (Lipinski definition) is 10. The number of carbonyl (C=O) groups excluding carboxylic acids is 2. The number of rotatable bonds is 11. The third-order valence-corrected chi connectivity index (χ3v) is 8.99. The van der Waals surface area contributed by atoms with Crippen LogP contribution in [0.1, 0.15) is 27.0 Å². The molecule has 0 spiro atoms. The lowest BCUT2D eigenvalue weighted by atomic mass is 9.97. The Morgan fingerprint density at radius 1 is 0.962 bits per heavy atom. The van der Waals surface area contributed by atoms with Crippen molar-refractivity contribution in [3.8, 4) is 22.6 Å². The van der Waals surface area contributed by atoms with Gasteiger partial charge in [-0.3, -0.25) is 14.5 Å². The van der Waals surface area contributed by atoms with E-state index < -0.39 is 53.6 Å². The van der Waals surface area contributed by atoms with Crippen LogP contribution in [-0.4, -0.2) is 88.2 Å². The second kappa shape index (κ2) is 15.9. The number of benzene rings is 3. The molecule has 3 aromatic carbocycles. The van der Waals surface area contributed by atoms with Gasteiger partial charge >= 0.3 is 18.3 Å². The van der Waals surface area contributed by atoms with Crippen LogP contribution >= 0.6 is 24.0 Å². The molecule has 0 aromatic heterocycles. The highest BCUT2D eigenvalue weighted by atomic mass is 32.2. The molecule has 0 unspecified atom stereocenters. The molecule has 3 aromatic rings. The molecule has 2 aliphatic rings. The van der Waals surface area contributed by atoms with E-state index in [1.54, 1.807) is 0 Å². The van der Waals surface area contributed by atoms with Gasteiger partial charge in [0.05, 0.1) is 35.8 Å². The Morgan fingerprint density at radius 3 is 2.25 bits per heavy atom. The van der Waals surface area contributed by atoms with E-state index in [-0.39, 0.29) is 55.6 Å². The first-order chi connectivity index (χ1) is 24.5. The number of thioether (sulfide) groups is 1. The number of amides is 2. The molecular formula is C33H28F6N4O7S2. The van der Waals surface area contributed by atoms with Crippen molar-refractivity contribution >= 4 is 57.8 Å².